The Labute approximate surface area is 81.9 Å². The molecule has 0 bridgehead atoms. The summed E-state index contributed by atoms with van der Waals surface area (Å²) < 4.78 is 0. The van der Waals surface area contributed by atoms with Crippen LogP contribution in [0.4, 0.5) is 0 Å². The van der Waals surface area contributed by atoms with Gasteiger partial charge in [0.25, 0.3) is 0 Å². The Morgan fingerprint density at radius 1 is 1.85 bits per heavy atom. The second kappa shape index (κ2) is 2.74. The lowest BCUT2D eigenvalue weighted by Gasteiger charge is -2.27. The molecule has 2 rings (SSSR count). The van der Waals surface area contributed by atoms with E-state index in [1.165, 1.54) is 0 Å². The Kier molecular flexibility index (Phi) is 1.91. The van der Waals surface area contributed by atoms with E-state index in [9.17, 15) is 5.11 Å². The Balaban J connectivity index is 2.52. The van der Waals surface area contributed by atoms with E-state index < -0.39 is 5.54 Å². The lowest BCUT2D eigenvalue weighted by atomic mass is 9.87. The molecule has 1 aromatic rings. The van der Waals surface area contributed by atoms with Gasteiger partial charge in [0.15, 0.2) is 0 Å². The number of nitrogens with one attached hydrogen (secondary N) is 1. The van der Waals surface area contributed by atoms with E-state index in [1.807, 2.05) is 6.92 Å². The molecular weight excluding hydrogens is 188 g/mol. The molecule has 2 unspecified atom stereocenters. The summed E-state index contributed by atoms with van der Waals surface area (Å²) in [6.45, 7) is 2.00. The fraction of sp³-hybridized carbons (Fsp3) is 0.556. The first-order chi connectivity index (χ1) is 6.09. The van der Waals surface area contributed by atoms with Gasteiger partial charge in [-0.3, -0.25) is 0 Å². The molecule has 0 saturated carbocycles. The third kappa shape index (κ3) is 1.04. The normalized spacial score (nSPS) is 32.2. The summed E-state index contributed by atoms with van der Waals surface area (Å²) in [5, 5.41) is 9.92. The highest BCUT2D eigenvalue weighted by atomic mass is 35.5. The maximum absolute atomic E-state index is 9.27. The minimum Gasteiger partial charge on any atom is -0.394 e. The van der Waals surface area contributed by atoms with E-state index in [-0.39, 0.29) is 12.5 Å². The lowest BCUT2D eigenvalue weighted by molar-refractivity contribution is 0.159. The molecule has 0 aliphatic heterocycles. The molecule has 0 aromatic carbocycles. The van der Waals surface area contributed by atoms with Crippen LogP contribution in [0.25, 0.3) is 0 Å². The predicted molar refractivity (Wildman–Crippen MR) is 51.6 cm³/mol. The van der Waals surface area contributed by atoms with E-state index in [1.54, 1.807) is 6.20 Å². The molecule has 0 fully saturated rings. The average molecular weight is 201 g/mol. The van der Waals surface area contributed by atoms with E-state index in [0.29, 0.717) is 5.15 Å². The zero-order valence-electron chi connectivity index (χ0n) is 7.47. The van der Waals surface area contributed by atoms with Gasteiger partial charge >= 0.3 is 0 Å². The van der Waals surface area contributed by atoms with Crippen molar-refractivity contribution in [3.63, 3.8) is 0 Å². The molecule has 4 N–H and O–H groups in total. The van der Waals surface area contributed by atoms with Crippen LogP contribution in [-0.4, -0.2) is 16.7 Å². The van der Waals surface area contributed by atoms with Crippen molar-refractivity contribution in [2.45, 2.75) is 18.9 Å². The SMILES string of the molecule is CC1Cc2c(c[nH]c2Cl)C1(N)CO. The largest absolute Gasteiger partial charge is 0.394 e. The quantitative estimate of drug-likeness (QED) is 0.634. The summed E-state index contributed by atoms with van der Waals surface area (Å²) >= 11 is 5.94. The summed E-state index contributed by atoms with van der Waals surface area (Å²) in [5.74, 6) is 0.245. The van der Waals surface area contributed by atoms with Crippen LogP contribution in [0.15, 0.2) is 6.20 Å². The Hall–Kier alpha value is -0.510. The van der Waals surface area contributed by atoms with Crippen molar-refractivity contribution in [3.05, 3.63) is 22.5 Å². The smallest absolute Gasteiger partial charge is 0.109 e. The van der Waals surface area contributed by atoms with Gasteiger partial charge in [-0.05, 0) is 23.5 Å². The minimum absolute atomic E-state index is 0.0324. The molecule has 0 amide bonds. The number of H-pyrrole nitrogens is 1. The molecule has 1 heterocycles. The molecular formula is C9H13ClN2O. The van der Waals surface area contributed by atoms with Crippen LogP contribution < -0.4 is 5.73 Å². The van der Waals surface area contributed by atoms with Gasteiger partial charge in [-0.2, -0.15) is 0 Å². The number of aliphatic hydroxyl groups excluding tert-OH is 1. The zero-order valence-corrected chi connectivity index (χ0v) is 8.23. The van der Waals surface area contributed by atoms with Crippen molar-refractivity contribution in [2.24, 2.45) is 11.7 Å². The summed E-state index contributed by atoms with van der Waals surface area (Å²) in [6.07, 6.45) is 2.64. The molecule has 4 heteroatoms. The topological polar surface area (TPSA) is 62.0 Å². The Bertz CT molecular complexity index is 336. The van der Waals surface area contributed by atoms with Gasteiger partial charge in [-0.25, -0.2) is 0 Å². The van der Waals surface area contributed by atoms with Gasteiger partial charge in [0, 0.05) is 6.20 Å². The number of rotatable bonds is 1. The second-order valence-electron chi connectivity index (χ2n) is 3.80. The number of hydrogen-bond donors (Lipinski definition) is 3. The molecule has 3 nitrogen and oxygen atoms in total. The molecule has 1 aliphatic rings. The number of aromatic nitrogens is 1. The van der Waals surface area contributed by atoms with Crippen molar-refractivity contribution in [2.75, 3.05) is 6.61 Å². The molecule has 0 saturated heterocycles. The summed E-state index contributed by atoms with van der Waals surface area (Å²) in [6, 6.07) is 0. The lowest BCUT2D eigenvalue weighted by Crippen LogP contribution is -2.43. The molecule has 13 heavy (non-hydrogen) atoms. The van der Waals surface area contributed by atoms with Crippen molar-refractivity contribution in [3.8, 4) is 0 Å². The van der Waals surface area contributed by atoms with Crippen LogP contribution in [0.5, 0.6) is 0 Å². The van der Waals surface area contributed by atoms with E-state index >= 15 is 0 Å². The molecule has 0 radical (unpaired) electrons. The number of hydrogen-bond acceptors (Lipinski definition) is 2. The molecule has 1 aromatic heterocycles. The Morgan fingerprint density at radius 3 is 3.15 bits per heavy atom. The molecule has 0 spiro atoms. The summed E-state index contributed by atoms with van der Waals surface area (Å²) in [7, 11) is 0. The van der Waals surface area contributed by atoms with Gasteiger partial charge in [0.2, 0.25) is 0 Å². The van der Waals surface area contributed by atoms with Crippen molar-refractivity contribution in [1.82, 2.24) is 4.98 Å². The fourth-order valence-electron chi connectivity index (χ4n) is 2.04. The Morgan fingerprint density at radius 2 is 2.54 bits per heavy atom. The van der Waals surface area contributed by atoms with E-state index in [4.69, 9.17) is 17.3 Å². The van der Waals surface area contributed by atoms with Gasteiger partial charge in [-0.15, -0.1) is 0 Å². The first kappa shape index (κ1) is 9.06. The standard InChI is InChI=1S/C9H13ClN2O/c1-5-2-6-7(3-12-8(6)10)9(5,11)4-13/h3,5,12-13H,2,4,11H2,1H3. The highest BCUT2D eigenvalue weighted by molar-refractivity contribution is 6.30. The van der Waals surface area contributed by atoms with Crippen molar-refractivity contribution < 1.29 is 5.11 Å². The number of nitrogens with two attached hydrogens (primary N) is 1. The first-order valence-electron chi connectivity index (χ1n) is 4.35. The maximum atomic E-state index is 9.27. The highest BCUT2D eigenvalue weighted by Crippen LogP contribution is 2.41. The zero-order chi connectivity index (χ0) is 9.64. The third-order valence-corrected chi connectivity index (χ3v) is 3.42. The number of aromatic amines is 1. The van der Waals surface area contributed by atoms with Crippen molar-refractivity contribution >= 4 is 11.6 Å². The van der Waals surface area contributed by atoms with Gasteiger partial charge < -0.3 is 15.8 Å². The van der Waals surface area contributed by atoms with Crippen LogP contribution in [0.1, 0.15) is 18.1 Å². The van der Waals surface area contributed by atoms with Crippen LogP contribution in [-0.2, 0) is 12.0 Å². The first-order valence-corrected chi connectivity index (χ1v) is 4.73. The number of fused-ring (bicyclic) bond motifs is 1. The van der Waals surface area contributed by atoms with Gasteiger partial charge in [0.1, 0.15) is 5.15 Å². The monoisotopic (exact) mass is 200 g/mol. The summed E-state index contributed by atoms with van der Waals surface area (Å²) in [4.78, 5) is 2.92. The van der Waals surface area contributed by atoms with Gasteiger partial charge in [0.05, 0.1) is 12.1 Å². The third-order valence-electron chi connectivity index (χ3n) is 3.09. The van der Waals surface area contributed by atoms with E-state index in [0.717, 1.165) is 17.5 Å². The van der Waals surface area contributed by atoms with Crippen molar-refractivity contribution in [1.29, 1.82) is 0 Å². The fourth-order valence-corrected chi connectivity index (χ4v) is 2.27. The van der Waals surface area contributed by atoms with Crippen LogP contribution in [0.3, 0.4) is 0 Å². The minimum atomic E-state index is -0.612. The van der Waals surface area contributed by atoms with Crippen LogP contribution >= 0.6 is 11.6 Å². The van der Waals surface area contributed by atoms with E-state index in [2.05, 4.69) is 4.98 Å². The highest BCUT2D eigenvalue weighted by Gasteiger charge is 2.42. The summed E-state index contributed by atoms with van der Waals surface area (Å²) in [5.41, 5.74) is 7.51. The number of aliphatic hydroxyl groups is 1. The van der Waals surface area contributed by atoms with Gasteiger partial charge in [-0.1, -0.05) is 18.5 Å². The predicted octanol–water partition coefficient (Wildman–Crippen LogP) is 1.01. The van der Waals surface area contributed by atoms with Crippen LogP contribution in [0, 0.1) is 5.92 Å². The van der Waals surface area contributed by atoms with Crippen LogP contribution in [0.2, 0.25) is 5.15 Å². The molecule has 2 atom stereocenters. The molecule has 1 aliphatic carbocycles. The number of halogens is 1. The average Bonchev–Trinajstić information content (AvgIpc) is 2.57. The second-order valence-corrected chi connectivity index (χ2v) is 4.18. The molecule has 72 valence electrons. The maximum Gasteiger partial charge on any atom is 0.109 e.